The maximum Gasteiger partial charge on any atom is 0.0471 e. The molecular formula is C14H21ClN2. The fraction of sp³-hybridized carbons (Fsp3) is 0.571. The van der Waals surface area contributed by atoms with Crippen molar-refractivity contribution in [3.8, 4) is 0 Å². The van der Waals surface area contributed by atoms with Gasteiger partial charge >= 0.3 is 0 Å². The lowest BCUT2D eigenvalue weighted by atomic mass is 10.1. The molecule has 0 radical (unpaired) electrons. The highest BCUT2D eigenvalue weighted by Gasteiger charge is 2.22. The van der Waals surface area contributed by atoms with E-state index >= 15 is 0 Å². The van der Waals surface area contributed by atoms with Gasteiger partial charge in [-0.25, -0.2) is 0 Å². The van der Waals surface area contributed by atoms with Crippen molar-refractivity contribution in [2.24, 2.45) is 0 Å². The van der Waals surface area contributed by atoms with Crippen LogP contribution in [-0.2, 0) is 6.54 Å². The normalized spacial score (nSPS) is 16.9. The maximum atomic E-state index is 6.23. The number of hydrogen-bond acceptors (Lipinski definition) is 2. The number of nitrogens with two attached hydrogens (primary N) is 1. The van der Waals surface area contributed by atoms with Crippen molar-refractivity contribution in [2.45, 2.75) is 45.2 Å². The number of hydrogen-bond donors (Lipinski definition) is 1. The Morgan fingerprint density at radius 3 is 2.65 bits per heavy atom. The highest BCUT2D eigenvalue weighted by Crippen LogP contribution is 2.28. The number of rotatable bonds is 4. The lowest BCUT2D eigenvalue weighted by Crippen LogP contribution is -2.32. The number of halogens is 1. The minimum atomic E-state index is 0.718. The average molecular weight is 253 g/mol. The Bertz CT molecular complexity index is 352. The van der Waals surface area contributed by atoms with Crippen LogP contribution in [0.1, 0.15) is 38.2 Å². The van der Waals surface area contributed by atoms with Crippen molar-refractivity contribution in [1.82, 2.24) is 4.90 Å². The molecule has 0 aromatic heterocycles. The Kier molecular flexibility index (Phi) is 4.30. The van der Waals surface area contributed by atoms with Gasteiger partial charge in [0.1, 0.15) is 0 Å². The minimum absolute atomic E-state index is 0.718. The molecule has 2 rings (SSSR count). The minimum Gasteiger partial charge on any atom is -0.398 e. The molecule has 0 heterocycles. The summed E-state index contributed by atoms with van der Waals surface area (Å²) >= 11 is 6.23. The standard InChI is InChI=1S/C14H21ClN2/c1-2-17(11-6-3-4-7-11)10-12-13(15)8-5-9-14(12)16/h5,8-9,11H,2-4,6-7,10,16H2,1H3. The summed E-state index contributed by atoms with van der Waals surface area (Å²) in [6, 6.07) is 6.49. The van der Waals surface area contributed by atoms with Gasteiger partial charge in [-0.15, -0.1) is 0 Å². The predicted octanol–water partition coefficient (Wildman–Crippen LogP) is 3.69. The molecule has 2 nitrogen and oxygen atoms in total. The van der Waals surface area contributed by atoms with Crippen LogP contribution in [0, 0.1) is 0 Å². The lowest BCUT2D eigenvalue weighted by molar-refractivity contribution is 0.200. The van der Waals surface area contributed by atoms with Crippen LogP contribution in [0.4, 0.5) is 5.69 Å². The zero-order valence-corrected chi connectivity index (χ0v) is 11.2. The van der Waals surface area contributed by atoms with Gasteiger partial charge in [0.05, 0.1) is 0 Å². The van der Waals surface area contributed by atoms with Crippen LogP contribution in [0.2, 0.25) is 5.02 Å². The van der Waals surface area contributed by atoms with Crippen molar-refractivity contribution in [1.29, 1.82) is 0 Å². The van der Waals surface area contributed by atoms with Gasteiger partial charge in [-0.2, -0.15) is 0 Å². The Balaban J connectivity index is 2.12. The molecule has 0 amide bonds. The molecule has 1 aromatic rings. The first-order valence-corrected chi connectivity index (χ1v) is 6.87. The molecule has 0 atom stereocenters. The van der Waals surface area contributed by atoms with E-state index in [4.69, 9.17) is 17.3 Å². The summed E-state index contributed by atoms with van der Waals surface area (Å²) in [7, 11) is 0. The summed E-state index contributed by atoms with van der Waals surface area (Å²) < 4.78 is 0. The Hall–Kier alpha value is -0.730. The zero-order chi connectivity index (χ0) is 12.3. The van der Waals surface area contributed by atoms with Gasteiger partial charge in [0.15, 0.2) is 0 Å². The first kappa shape index (κ1) is 12.7. The van der Waals surface area contributed by atoms with Crippen LogP contribution in [0.15, 0.2) is 18.2 Å². The Labute approximate surface area is 109 Å². The number of nitrogen functional groups attached to an aromatic ring is 1. The van der Waals surface area contributed by atoms with Crippen LogP contribution in [0.5, 0.6) is 0 Å². The van der Waals surface area contributed by atoms with E-state index < -0.39 is 0 Å². The third-order valence-corrected chi connectivity index (χ3v) is 4.12. The molecule has 1 aliphatic carbocycles. The molecule has 1 aliphatic rings. The third kappa shape index (κ3) is 2.93. The molecule has 1 fully saturated rings. The molecule has 1 saturated carbocycles. The highest BCUT2D eigenvalue weighted by molar-refractivity contribution is 6.31. The van der Waals surface area contributed by atoms with Gasteiger partial charge in [-0.3, -0.25) is 4.90 Å². The molecule has 0 aliphatic heterocycles. The smallest absolute Gasteiger partial charge is 0.0471 e. The summed E-state index contributed by atoms with van der Waals surface area (Å²) in [5.41, 5.74) is 7.91. The quantitative estimate of drug-likeness (QED) is 0.829. The van der Waals surface area contributed by atoms with Crippen LogP contribution in [-0.4, -0.2) is 17.5 Å². The first-order chi connectivity index (χ1) is 8.22. The van der Waals surface area contributed by atoms with Crippen LogP contribution in [0.3, 0.4) is 0 Å². The van der Waals surface area contributed by atoms with Gasteiger partial charge in [-0.1, -0.05) is 37.4 Å². The van der Waals surface area contributed by atoms with E-state index in [1.807, 2.05) is 18.2 Å². The second-order valence-corrected chi connectivity index (χ2v) is 5.22. The van der Waals surface area contributed by atoms with Crippen LogP contribution < -0.4 is 5.73 Å². The van der Waals surface area contributed by atoms with Crippen molar-refractivity contribution < 1.29 is 0 Å². The van der Waals surface area contributed by atoms with Crippen LogP contribution >= 0.6 is 11.6 Å². The second kappa shape index (κ2) is 5.74. The Morgan fingerprint density at radius 2 is 2.06 bits per heavy atom. The van der Waals surface area contributed by atoms with Gasteiger partial charge < -0.3 is 5.73 Å². The van der Waals surface area contributed by atoms with Crippen molar-refractivity contribution in [3.05, 3.63) is 28.8 Å². The molecular weight excluding hydrogens is 232 g/mol. The summed E-state index contributed by atoms with van der Waals surface area (Å²) in [4.78, 5) is 2.50. The molecule has 0 spiro atoms. The SMILES string of the molecule is CCN(Cc1c(N)cccc1Cl)C1CCCC1. The fourth-order valence-corrected chi connectivity index (χ4v) is 2.96. The lowest BCUT2D eigenvalue weighted by Gasteiger charge is -2.28. The fourth-order valence-electron chi connectivity index (χ4n) is 2.71. The van der Waals surface area contributed by atoms with E-state index in [-0.39, 0.29) is 0 Å². The molecule has 1 aromatic carbocycles. The van der Waals surface area contributed by atoms with E-state index in [0.717, 1.165) is 35.4 Å². The maximum absolute atomic E-state index is 6.23. The predicted molar refractivity (Wildman–Crippen MR) is 74.2 cm³/mol. The second-order valence-electron chi connectivity index (χ2n) is 4.81. The molecule has 2 N–H and O–H groups in total. The summed E-state index contributed by atoms with van der Waals surface area (Å²) in [6.07, 6.45) is 5.36. The van der Waals surface area contributed by atoms with Crippen molar-refractivity contribution in [2.75, 3.05) is 12.3 Å². The van der Waals surface area contributed by atoms with E-state index in [9.17, 15) is 0 Å². The largest absolute Gasteiger partial charge is 0.398 e. The molecule has 17 heavy (non-hydrogen) atoms. The van der Waals surface area contributed by atoms with Gasteiger partial charge in [-0.05, 0) is 31.5 Å². The number of nitrogens with zero attached hydrogens (tertiary/aromatic N) is 1. The zero-order valence-electron chi connectivity index (χ0n) is 10.5. The number of anilines is 1. The monoisotopic (exact) mass is 252 g/mol. The molecule has 3 heteroatoms. The van der Waals surface area contributed by atoms with E-state index in [2.05, 4.69) is 11.8 Å². The van der Waals surface area contributed by atoms with Crippen molar-refractivity contribution >= 4 is 17.3 Å². The summed E-state index contributed by atoms with van der Waals surface area (Å²) in [6.45, 7) is 4.16. The van der Waals surface area contributed by atoms with E-state index in [1.54, 1.807) is 0 Å². The van der Waals surface area contributed by atoms with Gasteiger partial charge in [0.2, 0.25) is 0 Å². The highest BCUT2D eigenvalue weighted by atomic mass is 35.5. The summed E-state index contributed by atoms with van der Waals surface area (Å²) in [5.74, 6) is 0. The third-order valence-electron chi connectivity index (χ3n) is 3.76. The first-order valence-electron chi connectivity index (χ1n) is 6.49. The molecule has 0 bridgehead atoms. The van der Waals surface area contributed by atoms with E-state index in [1.165, 1.54) is 25.7 Å². The summed E-state index contributed by atoms with van der Waals surface area (Å²) in [5, 5.41) is 0.793. The average Bonchev–Trinajstić information content (AvgIpc) is 2.82. The van der Waals surface area contributed by atoms with E-state index in [0.29, 0.717) is 0 Å². The number of benzene rings is 1. The van der Waals surface area contributed by atoms with Crippen molar-refractivity contribution in [3.63, 3.8) is 0 Å². The molecule has 0 unspecified atom stereocenters. The van der Waals surface area contributed by atoms with Gasteiger partial charge in [0.25, 0.3) is 0 Å². The van der Waals surface area contributed by atoms with Gasteiger partial charge in [0, 0.05) is 28.9 Å². The topological polar surface area (TPSA) is 29.3 Å². The Morgan fingerprint density at radius 1 is 1.35 bits per heavy atom. The molecule has 0 saturated heterocycles. The molecule has 94 valence electrons. The van der Waals surface area contributed by atoms with Crippen LogP contribution in [0.25, 0.3) is 0 Å².